The predicted octanol–water partition coefficient (Wildman–Crippen LogP) is 1.41. The largest absolute Gasteiger partial charge is 0.478 e. The van der Waals surface area contributed by atoms with E-state index in [1.54, 1.807) is 20.4 Å². The van der Waals surface area contributed by atoms with Crippen molar-refractivity contribution in [2.24, 2.45) is 4.99 Å². The quantitative estimate of drug-likeness (QED) is 0.317. The Kier molecular flexibility index (Phi) is 11.1. The van der Waals surface area contributed by atoms with Crippen LogP contribution in [-0.4, -0.2) is 44.9 Å². The van der Waals surface area contributed by atoms with Gasteiger partial charge < -0.3 is 20.1 Å². The Hall–Kier alpha value is -1.09. The summed E-state index contributed by atoms with van der Waals surface area (Å²) in [6.07, 6.45) is 1.72. The third kappa shape index (κ3) is 6.90. The minimum atomic E-state index is 0. The summed E-state index contributed by atoms with van der Waals surface area (Å²) in [5.41, 5.74) is 0.999. The van der Waals surface area contributed by atoms with Crippen molar-refractivity contribution < 1.29 is 9.47 Å². The van der Waals surface area contributed by atoms with Gasteiger partial charge in [0.25, 0.3) is 0 Å². The first-order valence-corrected chi connectivity index (χ1v) is 6.32. The van der Waals surface area contributed by atoms with Crippen molar-refractivity contribution in [3.8, 4) is 5.88 Å². The lowest BCUT2D eigenvalue weighted by Gasteiger charge is -2.13. The van der Waals surface area contributed by atoms with Crippen LogP contribution in [-0.2, 0) is 11.3 Å². The highest BCUT2D eigenvalue weighted by Crippen LogP contribution is 2.13. The van der Waals surface area contributed by atoms with E-state index in [0.717, 1.165) is 11.5 Å². The second-order valence-electron chi connectivity index (χ2n) is 3.75. The van der Waals surface area contributed by atoms with E-state index in [-0.39, 0.29) is 24.0 Å². The SMILES string of the molecule is CCOc1ncccc1CNC(=NC)NCCOC.I. The molecule has 0 aliphatic heterocycles. The van der Waals surface area contributed by atoms with Crippen LogP contribution in [0.2, 0.25) is 0 Å². The number of nitrogens with one attached hydrogen (secondary N) is 2. The molecule has 1 aromatic heterocycles. The first-order valence-electron chi connectivity index (χ1n) is 6.32. The monoisotopic (exact) mass is 394 g/mol. The summed E-state index contributed by atoms with van der Waals surface area (Å²) in [4.78, 5) is 8.33. The van der Waals surface area contributed by atoms with Crippen molar-refractivity contribution in [3.05, 3.63) is 23.9 Å². The lowest BCUT2D eigenvalue weighted by molar-refractivity contribution is 0.203. The molecular formula is C13H23IN4O2. The van der Waals surface area contributed by atoms with Gasteiger partial charge in [-0.1, -0.05) is 6.07 Å². The van der Waals surface area contributed by atoms with Crippen LogP contribution in [0.5, 0.6) is 5.88 Å². The molecule has 0 spiro atoms. The fourth-order valence-corrected chi connectivity index (χ4v) is 1.50. The molecule has 0 aliphatic carbocycles. The van der Waals surface area contributed by atoms with Crippen molar-refractivity contribution in [1.82, 2.24) is 15.6 Å². The molecule has 1 heterocycles. The first-order chi connectivity index (χ1) is 9.31. The third-order valence-corrected chi connectivity index (χ3v) is 2.40. The van der Waals surface area contributed by atoms with Crippen LogP contribution in [0.15, 0.2) is 23.3 Å². The van der Waals surface area contributed by atoms with E-state index >= 15 is 0 Å². The number of aromatic nitrogens is 1. The molecular weight excluding hydrogens is 371 g/mol. The second-order valence-corrected chi connectivity index (χ2v) is 3.75. The molecule has 114 valence electrons. The lowest BCUT2D eigenvalue weighted by atomic mass is 10.2. The summed E-state index contributed by atoms with van der Waals surface area (Å²) in [6.45, 7) is 4.50. The molecule has 0 amide bonds. The number of hydrogen-bond acceptors (Lipinski definition) is 4. The molecule has 0 bridgehead atoms. The molecule has 0 fully saturated rings. The second kappa shape index (κ2) is 11.7. The van der Waals surface area contributed by atoms with Gasteiger partial charge in [-0.2, -0.15) is 0 Å². The fourth-order valence-electron chi connectivity index (χ4n) is 1.50. The Morgan fingerprint density at radius 1 is 1.40 bits per heavy atom. The molecule has 2 N–H and O–H groups in total. The highest BCUT2D eigenvalue weighted by molar-refractivity contribution is 14.0. The number of aliphatic imine (C=N–C) groups is 1. The molecule has 1 rings (SSSR count). The van der Waals surface area contributed by atoms with Gasteiger partial charge in [0.15, 0.2) is 5.96 Å². The Bertz CT molecular complexity index is 402. The summed E-state index contributed by atoms with van der Waals surface area (Å²) in [6, 6.07) is 3.87. The molecule has 0 saturated heterocycles. The minimum Gasteiger partial charge on any atom is -0.478 e. The van der Waals surface area contributed by atoms with Gasteiger partial charge in [-0.25, -0.2) is 4.98 Å². The van der Waals surface area contributed by atoms with E-state index in [4.69, 9.17) is 9.47 Å². The predicted molar refractivity (Wildman–Crippen MR) is 90.9 cm³/mol. The van der Waals surface area contributed by atoms with Crippen LogP contribution < -0.4 is 15.4 Å². The van der Waals surface area contributed by atoms with Gasteiger partial charge in [-0.05, 0) is 13.0 Å². The van der Waals surface area contributed by atoms with E-state index in [0.29, 0.717) is 32.2 Å². The van der Waals surface area contributed by atoms with Crippen LogP contribution in [0, 0.1) is 0 Å². The molecule has 6 nitrogen and oxygen atoms in total. The molecule has 0 atom stereocenters. The van der Waals surface area contributed by atoms with Gasteiger partial charge in [-0.3, -0.25) is 4.99 Å². The number of nitrogens with zero attached hydrogens (tertiary/aromatic N) is 2. The number of rotatable bonds is 7. The summed E-state index contributed by atoms with van der Waals surface area (Å²) < 4.78 is 10.4. The van der Waals surface area contributed by atoms with E-state index in [1.165, 1.54) is 0 Å². The molecule has 0 saturated carbocycles. The van der Waals surface area contributed by atoms with Gasteiger partial charge >= 0.3 is 0 Å². The van der Waals surface area contributed by atoms with Crippen molar-refractivity contribution in [2.45, 2.75) is 13.5 Å². The zero-order valence-electron chi connectivity index (χ0n) is 12.2. The summed E-state index contributed by atoms with van der Waals surface area (Å²) in [7, 11) is 3.40. The van der Waals surface area contributed by atoms with Crippen LogP contribution >= 0.6 is 24.0 Å². The van der Waals surface area contributed by atoms with Crippen LogP contribution in [0.25, 0.3) is 0 Å². The molecule has 7 heteroatoms. The highest BCUT2D eigenvalue weighted by Gasteiger charge is 2.04. The number of pyridine rings is 1. The Morgan fingerprint density at radius 3 is 2.85 bits per heavy atom. The Labute approximate surface area is 137 Å². The van der Waals surface area contributed by atoms with E-state index < -0.39 is 0 Å². The minimum absolute atomic E-state index is 0. The molecule has 0 aliphatic rings. The smallest absolute Gasteiger partial charge is 0.218 e. The van der Waals surface area contributed by atoms with E-state index in [2.05, 4.69) is 20.6 Å². The van der Waals surface area contributed by atoms with Gasteiger partial charge in [0.2, 0.25) is 5.88 Å². The summed E-state index contributed by atoms with van der Waals surface area (Å²) in [5.74, 6) is 1.38. The summed E-state index contributed by atoms with van der Waals surface area (Å²) in [5, 5.41) is 6.35. The van der Waals surface area contributed by atoms with Crippen LogP contribution in [0.1, 0.15) is 12.5 Å². The first kappa shape index (κ1) is 18.9. The van der Waals surface area contributed by atoms with Gasteiger partial charge in [0.05, 0.1) is 13.2 Å². The van der Waals surface area contributed by atoms with Gasteiger partial charge in [0, 0.05) is 39.0 Å². The molecule has 1 aromatic rings. The van der Waals surface area contributed by atoms with Crippen molar-refractivity contribution >= 4 is 29.9 Å². The highest BCUT2D eigenvalue weighted by atomic mass is 127. The topological polar surface area (TPSA) is 67.8 Å². The number of methoxy groups -OCH3 is 1. The molecule has 0 radical (unpaired) electrons. The maximum atomic E-state index is 5.47. The normalized spacial score (nSPS) is 10.7. The maximum absolute atomic E-state index is 5.47. The molecule has 0 unspecified atom stereocenters. The van der Waals surface area contributed by atoms with Crippen molar-refractivity contribution in [2.75, 3.05) is 33.9 Å². The average molecular weight is 394 g/mol. The number of guanidine groups is 1. The average Bonchev–Trinajstić information content (AvgIpc) is 2.44. The summed E-state index contributed by atoms with van der Waals surface area (Å²) >= 11 is 0. The van der Waals surface area contributed by atoms with Crippen LogP contribution in [0.4, 0.5) is 0 Å². The zero-order chi connectivity index (χ0) is 13.9. The fraction of sp³-hybridized carbons (Fsp3) is 0.538. The van der Waals surface area contributed by atoms with Crippen molar-refractivity contribution in [3.63, 3.8) is 0 Å². The lowest BCUT2D eigenvalue weighted by Crippen LogP contribution is -2.38. The van der Waals surface area contributed by atoms with Crippen molar-refractivity contribution in [1.29, 1.82) is 0 Å². The van der Waals surface area contributed by atoms with E-state index in [1.807, 2.05) is 19.1 Å². The zero-order valence-corrected chi connectivity index (χ0v) is 14.5. The number of ether oxygens (including phenoxy) is 2. The standard InChI is InChI=1S/C13H22N4O2.HI/c1-4-19-12-11(6-5-7-15-12)10-17-13(14-2)16-8-9-18-3;/h5-7H,4,8-10H2,1-3H3,(H2,14,16,17);1H. The Morgan fingerprint density at radius 2 is 2.20 bits per heavy atom. The Balaban J connectivity index is 0.00000361. The van der Waals surface area contributed by atoms with Gasteiger partial charge in [-0.15, -0.1) is 24.0 Å². The number of halogens is 1. The number of hydrogen-bond donors (Lipinski definition) is 2. The molecule has 20 heavy (non-hydrogen) atoms. The van der Waals surface area contributed by atoms with Gasteiger partial charge in [0.1, 0.15) is 0 Å². The third-order valence-electron chi connectivity index (χ3n) is 2.40. The van der Waals surface area contributed by atoms with E-state index in [9.17, 15) is 0 Å². The van der Waals surface area contributed by atoms with Crippen LogP contribution in [0.3, 0.4) is 0 Å². The maximum Gasteiger partial charge on any atom is 0.218 e. The molecule has 0 aromatic carbocycles.